The lowest BCUT2D eigenvalue weighted by molar-refractivity contribution is 0.195. The smallest absolute Gasteiger partial charge is 0.323 e. The molecular weight excluding hydrogens is 248 g/mol. The van der Waals surface area contributed by atoms with Gasteiger partial charge >= 0.3 is 6.03 Å². The molecule has 1 radical (unpaired) electrons. The van der Waals surface area contributed by atoms with Gasteiger partial charge in [0, 0.05) is 19.6 Å². The van der Waals surface area contributed by atoms with E-state index < -0.39 is 0 Å². The Morgan fingerprint density at radius 3 is 1.80 bits per heavy atom. The Balaban J connectivity index is 3.71. The predicted octanol–water partition coefficient (Wildman–Crippen LogP) is 4.97. The fourth-order valence-electron chi connectivity index (χ4n) is 2.17. The molecule has 0 unspecified atom stereocenters. The molecule has 0 rings (SSSR count). The average molecular weight is 283 g/mol. The van der Waals surface area contributed by atoms with Gasteiger partial charge in [-0.1, -0.05) is 65.7 Å². The lowest BCUT2D eigenvalue weighted by Crippen LogP contribution is -2.37. The number of rotatable bonds is 13. The van der Waals surface area contributed by atoms with Crippen molar-refractivity contribution in [2.24, 2.45) is 0 Å². The number of urea groups is 1. The number of amides is 2. The first-order chi connectivity index (χ1) is 9.76. The molecule has 0 N–H and O–H groups in total. The molecular formula is C17H35N2O. The van der Waals surface area contributed by atoms with Crippen LogP contribution in [0.4, 0.5) is 4.79 Å². The second-order valence-corrected chi connectivity index (χ2v) is 5.63. The summed E-state index contributed by atoms with van der Waals surface area (Å²) in [4.78, 5) is 14.0. The van der Waals surface area contributed by atoms with Crippen LogP contribution in [0.25, 0.3) is 0 Å². The third-order valence-corrected chi connectivity index (χ3v) is 3.59. The van der Waals surface area contributed by atoms with Crippen molar-refractivity contribution in [3.05, 3.63) is 0 Å². The average Bonchev–Trinajstić information content (AvgIpc) is 2.46. The van der Waals surface area contributed by atoms with Crippen LogP contribution in [0.3, 0.4) is 0 Å². The van der Waals surface area contributed by atoms with Crippen molar-refractivity contribution in [2.45, 2.75) is 85.0 Å². The van der Waals surface area contributed by atoms with E-state index in [-0.39, 0.29) is 6.03 Å². The highest BCUT2D eigenvalue weighted by molar-refractivity contribution is 5.73. The van der Waals surface area contributed by atoms with Crippen LogP contribution in [-0.2, 0) is 0 Å². The molecule has 0 aromatic rings. The van der Waals surface area contributed by atoms with Crippen molar-refractivity contribution in [3.63, 3.8) is 0 Å². The number of nitrogens with zero attached hydrogens (tertiary/aromatic N) is 2. The van der Waals surface area contributed by atoms with Gasteiger partial charge in [-0.15, -0.1) is 0 Å². The number of carbonyl (C=O) groups is 1. The molecule has 2 amide bonds. The Bertz CT molecular complexity index is 211. The first-order valence-corrected chi connectivity index (χ1v) is 8.72. The lowest BCUT2D eigenvalue weighted by atomic mass is 10.1. The molecule has 0 fully saturated rings. The Hall–Kier alpha value is -0.730. The molecule has 20 heavy (non-hydrogen) atoms. The SMILES string of the molecule is CCCCCCCC[N]C(=O)N(CCCC)CCCC. The van der Waals surface area contributed by atoms with E-state index in [9.17, 15) is 4.79 Å². The quantitative estimate of drug-likeness (QED) is 0.439. The predicted molar refractivity (Wildman–Crippen MR) is 87.2 cm³/mol. The number of hydrogen-bond acceptors (Lipinski definition) is 1. The van der Waals surface area contributed by atoms with Crippen molar-refractivity contribution in [2.75, 3.05) is 19.6 Å². The number of unbranched alkanes of at least 4 members (excludes halogenated alkanes) is 7. The summed E-state index contributed by atoms with van der Waals surface area (Å²) in [6, 6.07) is 0.0143. The molecule has 0 saturated heterocycles. The Morgan fingerprint density at radius 1 is 0.750 bits per heavy atom. The number of carbonyl (C=O) groups excluding carboxylic acids is 1. The highest BCUT2D eigenvalue weighted by atomic mass is 16.2. The molecule has 119 valence electrons. The maximum Gasteiger partial charge on any atom is 0.338 e. The fourth-order valence-corrected chi connectivity index (χ4v) is 2.17. The van der Waals surface area contributed by atoms with E-state index in [1.54, 1.807) is 0 Å². The molecule has 0 aromatic carbocycles. The molecule has 0 aromatic heterocycles. The Morgan fingerprint density at radius 2 is 1.25 bits per heavy atom. The largest absolute Gasteiger partial charge is 0.338 e. The molecule has 3 heteroatoms. The Kier molecular flexibility index (Phi) is 14.1. The molecule has 3 nitrogen and oxygen atoms in total. The molecule has 0 bridgehead atoms. The second kappa shape index (κ2) is 14.7. The molecule has 0 saturated carbocycles. The van der Waals surface area contributed by atoms with Crippen LogP contribution in [0, 0.1) is 0 Å². The molecule has 0 aliphatic carbocycles. The van der Waals surface area contributed by atoms with Crippen LogP contribution < -0.4 is 5.32 Å². The van der Waals surface area contributed by atoms with Gasteiger partial charge in [0.1, 0.15) is 0 Å². The van der Waals surface area contributed by atoms with Gasteiger partial charge in [0.15, 0.2) is 0 Å². The van der Waals surface area contributed by atoms with E-state index in [1.807, 2.05) is 4.90 Å². The summed E-state index contributed by atoms with van der Waals surface area (Å²) in [5.41, 5.74) is 0. The van der Waals surface area contributed by atoms with Crippen LogP contribution in [0.15, 0.2) is 0 Å². The summed E-state index contributed by atoms with van der Waals surface area (Å²) >= 11 is 0. The van der Waals surface area contributed by atoms with Crippen LogP contribution in [0.1, 0.15) is 85.0 Å². The van der Waals surface area contributed by atoms with Gasteiger partial charge in [-0.3, -0.25) is 0 Å². The summed E-state index contributed by atoms with van der Waals surface area (Å²) in [6.45, 7) is 9.01. The van der Waals surface area contributed by atoms with Crippen molar-refractivity contribution < 1.29 is 4.79 Å². The first-order valence-electron chi connectivity index (χ1n) is 8.72. The van der Waals surface area contributed by atoms with E-state index in [0.29, 0.717) is 6.54 Å². The third kappa shape index (κ3) is 11.1. The van der Waals surface area contributed by atoms with E-state index in [1.165, 1.54) is 32.1 Å². The van der Waals surface area contributed by atoms with Crippen LogP contribution >= 0.6 is 0 Å². The minimum absolute atomic E-state index is 0.0143. The van der Waals surface area contributed by atoms with Gasteiger partial charge in [0.2, 0.25) is 0 Å². The highest BCUT2D eigenvalue weighted by Gasteiger charge is 2.12. The van der Waals surface area contributed by atoms with E-state index in [4.69, 9.17) is 0 Å². The monoisotopic (exact) mass is 283 g/mol. The standard InChI is InChI=1S/C17H35N2O/c1-4-7-10-11-12-13-14-18-17(20)19(15-8-5-2)16-9-6-3/h4-16H2,1-3H3. The summed E-state index contributed by atoms with van der Waals surface area (Å²) in [5, 5.41) is 4.24. The van der Waals surface area contributed by atoms with Crippen molar-refractivity contribution in [1.29, 1.82) is 0 Å². The van der Waals surface area contributed by atoms with Gasteiger partial charge < -0.3 is 4.90 Å². The molecule has 0 atom stereocenters. The molecule has 0 heterocycles. The summed E-state index contributed by atoms with van der Waals surface area (Å²) in [7, 11) is 0. The zero-order valence-corrected chi connectivity index (χ0v) is 14.0. The van der Waals surface area contributed by atoms with Crippen molar-refractivity contribution in [1.82, 2.24) is 10.2 Å². The topological polar surface area (TPSA) is 34.4 Å². The minimum Gasteiger partial charge on any atom is -0.323 e. The van der Waals surface area contributed by atoms with Crippen LogP contribution in [0.2, 0.25) is 0 Å². The summed E-state index contributed by atoms with van der Waals surface area (Å²) in [6.07, 6.45) is 11.9. The first kappa shape index (κ1) is 19.3. The number of hydrogen-bond donors (Lipinski definition) is 0. The van der Waals surface area contributed by atoms with Crippen LogP contribution in [0.5, 0.6) is 0 Å². The van der Waals surface area contributed by atoms with E-state index in [0.717, 1.165) is 45.2 Å². The molecule has 0 aliphatic rings. The van der Waals surface area contributed by atoms with Gasteiger partial charge in [-0.2, -0.15) is 0 Å². The van der Waals surface area contributed by atoms with Gasteiger partial charge in [-0.25, -0.2) is 10.1 Å². The molecule has 0 spiro atoms. The maximum atomic E-state index is 12.0. The van der Waals surface area contributed by atoms with Crippen LogP contribution in [-0.4, -0.2) is 30.6 Å². The van der Waals surface area contributed by atoms with Crippen molar-refractivity contribution in [3.8, 4) is 0 Å². The molecule has 0 aliphatic heterocycles. The lowest BCUT2D eigenvalue weighted by Gasteiger charge is -2.21. The van der Waals surface area contributed by atoms with Gasteiger partial charge in [0.25, 0.3) is 0 Å². The zero-order valence-electron chi connectivity index (χ0n) is 14.0. The van der Waals surface area contributed by atoms with E-state index >= 15 is 0 Å². The zero-order chi connectivity index (χ0) is 15.1. The highest BCUT2D eigenvalue weighted by Crippen LogP contribution is 2.05. The fraction of sp³-hybridized carbons (Fsp3) is 0.941. The normalized spacial score (nSPS) is 10.6. The summed E-state index contributed by atoms with van der Waals surface area (Å²) in [5.74, 6) is 0. The van der Waals surface area contributed by atoms with Crippen molar-refractivity contribution >= 4 is 6.03 Å². The van der Waals surface area contributed by atoms with E-state index in [2.05, 4.69) is 26.1 Å². The minimum atomic E-state index is 0.0143. The third-order valence-electron chi connectivity index (χ3n) is 3.59. The Labute approximate surface area is 126 Å². The van der Waals surface area contributed by atoms with Gasteiger partial charge in [0.05, 0.1) is 0 Å². The maximum absolute atomic E-state index is 12.0. The second-order valence-electron chi connectivity index (χ2n) is 5.63. The summed E-state index contributed by atoms with van der Waals surface area (Å²) < 4.78 is 0. The van der Waals surface area contributed by atoms with Gasteiger partial charge in [-0.05, 0) is 19.3 Å².